The van der Waals surface area contributed by atoms with E-state index in [4.69, 9.17) is 0 Å². The van der Waals surface area contributed by atoms with Crippen LogP contribution in [0.3, 0.4) is 0 Å². The molecule has 59 heavy (non-hydrogen) atoms. The van der Waals surface area contributed by atoms with Crippen molar-refractivity contribution in [1.29, 1.82) is 5.26 Å². The van der Waals surface area contributed by atoms with Gasteiger partial charge in [-0.15, -0.1) is 0 Å². The number of fused-ring (bicyclic) bond motifs is 9. The van der Waals surface area contributed by atoms with Gasteiger partial charge >= 0.3 is 0 Å². The molecule has 0 saturated heterocycles. The summed E-state index contributed by atoms with van der Waals surface area (Å²) in [6.45, 7) is 0. The second-order valence-corrected chi connectivity index (χ2v) is 15.2. The molecule has 0 N–H and O–H groups in total. The molecule has 12 rings (SSSR count). The molecule has 0 unspecified atom stereocenters. The molecule has 0 aliphatic heterocycles. The van der Waals surface area contributed by atoms with Crippen molar-refractivity contribution in [3.05, 3.63) is 212 Å². The normalized spacial score (nSPS) is 11.7. The van der Waals surface area contributed by atoms with Gasteiger partial charge in [0.25, 0.3) is 0 Å². The maximum absolute atomic E-state index is 11.2. The molecule has 0 radical (unpaired) electrons. The Hall–Kier alpha value is -8.13. The molecule has 9 aromatic carbocycles. The summed E-state index contributed by atoms with van der Waals surface area (Å²) in [5, 5.41) is 18.2. The summed E-state index contributed by atoms with van der Waals surface area (Å²) in [6.07, 6.45) is 0. The topological polar surface area (TPSA) is 38.6 Å². The molecule has 0 spiro atoms. The second kappa shape index (κ2) is 13.0. The summed E-state index contributed by atoms with van der Waals surface area (Å²) in [4.78, 5) is 0. The van der Waals surface area contributed by atoms with Gasteiger partial charge in [0, 0.05) is 38.0 Å². The predicted molar refractivity (Wildman–Crippen MR) is 245 cm³/mol. The molecule has 12 aromatic rings. The summed E-state index contributed by atoms with van der Waals surface area (Å²) < 4.78 is 6.91. The standard InChI is InChI=1S/C55H34N4/c56-35-46-50(58-48-24-11-8-20-42(48)44-33-37(29-31-53(44)58)36-15-3-1-4-16-36)26-14-27-51(46)59-49-25-12-9-21-43(49)55-40(22-13-28-54(55)59)38-30-32-52-45(34-38)41-19-7-10-23-47(41)57(52)39-17-5-2-6-18-39/h1-34H. The number of hydrogen-bond acceptors (Lipinski definition) is 1. The largest absolute Gasteiger partial charge is 0.309 e. The lowest BCUT2D eigenvalue weighted by molar-refractivity contribution is 1.12. The van der Waals surface area contributed by atoms with E-state index in [1.807, 2.05) is 6.07 Å². The lowest BCUT2D eigenvalue weighted by Crippen LogP contribution is -2.04. The zero-order valence-corrected chi connectivity index (χ0v) is 31.9. The van der Waals surface area contributed by atoms with Crippen molar-refractivity contribution in [2.75, 3.05) is 0 Å². The maximum Gasteiger partial charge on any atom is 0.104 e. The monoisotopic (exact) mass is 750 g/mol. The van der Waals surface area contributed by atoms with E-state index in [1.165, 1.54) is 27.4 Å². The van der Waals surface area contributed by atoms with E-state index in [1.54, 1.807) is 0 Å². The quantitative estimate of drug-likeness (QED) is 0.173. The summed E-state index contributed by atoms with van der Waals surface area (Å²) in [5.41, 5.74) is 14.7. The Morgan fingerprint density at radius 2 is 0.797 bits per heavy atom. The Kier molecular flexibility index (Phi) is 7.26. The molecule has 0 aliphatic rings. The van der Waals surface area contributed by atoms with Crippen molar-refractivity contribution in [3.63, 3.8) is 0 Å². The van der Waals surface area contributed by atoms with Gasteiger partial charge in [-0.3, -0.25) is 0 Å². The maximum atomic E-state index is 11.2. The number of para-hydroxylation sites is 4. The lowest BCUT2D eigenvalue weighted by atomic mass is 9.98. The van der Waals surface area contributed by atoms with E-state index in [-0.39, 0.29) is 0 Å². The van der Waals surface area contributed by atoms with Gasteiger partial charge in [0.05, 0.1) is 44.5 Å². The molecular weight excluding hydrogens is 717 g/mol. The molecule has 0 saturated carbocycles. The van der Waals surface area contributed by atoms with Gasteiger partial charge in [-0.05, 0) is 95.1 Å². The molecule has 274 valence electrons. The number of nitriles is 1. The average Bonchev–Trinajstić information content (AvgIpc) is 3.94. The van der Waals surface area contributed by atoms with Crippen LogP contribution in [0.2, 0.25) is 0 Å². The van der Waals surface area contributed by atoms with Crippen molar-refractivity contribution in [2.24, 2.45) is 0 Å². The highest BCUT2D eigenvalue weighted by Crippen LogP contribution is 2.43. The van der Waals surface area contributed by atoms with E-state index in [2.05, 4.69) is 220 Å². The minimum absolute atomic E-state index is 0.616. The van der Waals surface area contributed by atoms with E-state index in [9.17, 15) is 5.26 Å². The van der Waals surface area contributed by atoms with Crippen molar-refractivity contribution in [2.45, 2.75) is 0 Å². The van der Waals surface area contributed by atoms with Crippen molar-refractivity contribution in [1.82, 2.24) is 13.7 Å². The molecule has 0 amide bonds. The third-order valence-corrected chi connectivity index (χ3v) is 12.1. The third kappa shape index (κ3) is 4.89. The van der Waals surface area contributed by atoms with Crippen molar-refractivity contribution < 1.29 is 0 Å². The van der Waals surface area contributed by atoms with Gasteiger partial charge in [0.2, 0.25) is 0 Å². The first kappa shape index (κ1) is 33.1. The SMILES string of the molecule is N#Cc1c(-n2c3ccccc3c3cc(-c4ccccc4)ccc32)cccc1-n1c2ccccc2c2c(-c3ccc4c(c3)c3ccccc3n4-c3ccccc3)cccc21. The Balaban J connectivity index is 1.08. The highest BCUT2D eigenvalue weighted by Gasteiger charge is 2.22. The predicted octanol–water partition coefficient (Wildman–Crippen LogP) is 14.2. The summed E-state index contributed by atoms with van der Waals surface area (Å²) >= 11 is 0. The van der Waals surface area contributed by atoms with Crippen LogP contribution in [-0.4, -0.2) is 13.7 Å². The van der Waals surface area contributed by atoms with Gasteiger partial charge in [0.1, 0.15) is 11.6 Å². The molecule has 4 nitrogen and oxygen atoms in total. The molecular formula is C55H34N4. The third-order valence-electron chi connectivity index (χ3n) is 12.1. The number of rotatable bonds is 5. The van der Waals surface area contributed by atoms with E-state index in [0.717, 1.165) is 77.4 Å². The molecule has 0 atom stereocenters. The van der Waals surface area contributed by atoms with Crippen molar-refractivity contribution >= 4 is 65.4 Å². The van der Waals surface area contributed by atoms with E-state index in [0.29, 0.717) is 5.56 Å². The van der Waals surface area contributed by atoms with Crippen LogP contribution in [0.1, 0.15) is 5.56 Å². The van der Waals surface area contributed by atoms with Crippen LogP contribution in [0.5, 0.6) is 0 Å². The Labute approximate surface area is 340 Å². The van der Waals surface area contributed by atoms with Crippen LogP contribution in [0.4, 0.5) is 0 Å². The summed E-state index contributed by atoms with van der Waals surface area (Å²) in [5.74, 6) is 0. The summed E-state index contributed by atoms with van der Waals surface area (Å²) in [7, 11) is 0. The molecule has 4 heteroatoms. The first-order chi connectivity index (χ1) is 29.3. The number of benzene rings is 9. The highest BCUT2D eigenvalue weighted by atomic mass is 15.0. The number of aromatic nitrogens is 3. The minimum Gasteiger partial charge on any atom is -0.309 e. The fourth-order valence-electron chi connectivity index (χ4n) is 9.57. The Morgan fingerprint density at radius 1 is 0.322 bits per heavy atom. The van der Waals surface area contributed by atoms with Crippen LogP contribution in [0.15, 0.2) is 206 Å². The first-order valence-electron chi connectivity index (χ1n) is 20.0. The second-order valence-electron chi connectivity index (χ2n) is 15.2. The fraction of sp³-hybridized carbons (Fsp3) is 0. The van der Waals surface area contributed by atoms with Crippen LogP contribution >= 0.6 is 0 Å². The zero-order chi connectivity index (χ0) is 39.0. The zero-order valence-electron chi connectivity index (χ0n) is 31.9. The molecule has 0 fully saturated rings. The molecule has 3 aromatic heterocycles. The Morgan fingerprint density at radius 3 is 1.47 bits per heavy atom. The molecule has 0 bridgehead atoms. The highest BCUT2D eigenvalue weighted by molar-refractivity contribution is 6.18. The molecule has 3 heterocycles. The first-order valence-corrected chi connectivity index (χ1v) is 20.0. The van der Waals surface area contributed by atoms with Gasteiger partial charge < -0.3 is 13.7 Å². The van der Waals surface area contributed by atoms with Gasteiger partial charge in [-0.2, -0.15) is 5.26 Å². The van der Waals surface area contributed by atoms with E-state index < -0.39 is 0 Å². The lowest BCUT2D eigenvalue weighted by Gasteiger charge is -2.16. The Bertz CT molecular complexity index is 3670. The number of nitrogens with zero attached hydrogens (tertiary/aromatic N) is 4. The minimum atomic E-state index is 0.616. The van der Waals surface area contributed by atoms with Crippen LogP contribution in [0.25, 0.3) is 105 Å². The van der Waals surface area contributed by atoms with Gasteiger partial charge in [-0.1, -0.05) is 133 Å². The average molecular weight is 751 g/mol. The van der Waals surface area contributed by atoms with E-state index >= 15 is 0 Å². The van der Waals surface area contributed by atoms with Gasteiger partial charge in [-0.25, -0.2) is 0 Å². The van der Waals surface area contributed by atoms with Crippen LogP contribution in [0, 0.1) is 11.3 Å². The van der Waals surface area contributed by atoms with Gasteiger partial charge in [0.15, 0.2) is 0 Å². The molecule has 0 aliphatic carbocycles. The van der Waals surface area contributed by atoms with Crippen LogP contribution < -0.4 is 0 Å². The summed E-state index contributed by atoms with van der Waals surface area (Å²) in [6, 6.07) is 76.0. The smallest absolute Gasteiger partial charge is 0.104 e. The fourth-order valence-corrected chi connectivity index (χ4v) is 9.57. The van der Waals surface area contributed by atoms with Crippen molar-refractivity contribution in [3.8, 4) is 45.4 Å². The van der Waals surface area contributed by atoms with Crippen LogP contribution in [-0.2, 0) is 0 Å². The number of hydrogen-bond donors (Lipinski definition) is 0.